The number of fused-ring (bicyclic) bond motifs is 1. The van der Waals surface area contributed by atoms with Crippen LogP contribution in [0, 0.1) is 5.92 Å². The quantitative estimate of drug-likeness (QED) is 0.856. The number of carbonyl (C=O) groups excluding carboxylic acids is 1. The van der Waals surface area contributed by atoms with Crippen LogP contribution in [0.4, 0.5) is 4.39 Å². The lowest BCUT2D eigenvalue weighted by molar-refractivity contribution is 0.0896. The molecule has 106 valence electrons. The lowest BCUT2D eigenvalue weighted by atomic mass is 10.2. The van der Waals surface area contributed by atoms with Crippen LogP contribution in [-0.2, 0) is 16.3 Å². The minimum atomic E-state index is -3.55. The molecule has 19 heavy (non-hydrogen) atoms. The summed E-state index contributed by atoms with van der Waals surface area (Å²) in [6.45, 7) is 4.31. The van der Waals surface area contributed by atoms with E-state index in [1.165, 1.54) is 0 Å². The predicted octanol–water partition coefficient (Wildman–Crippen LogP) is 2.26. The van der Waals surface area contributed by atoms with Gasteiger partial charge < -0.3 is 4.74 Å². The fourth-order valence-corrected chi connectivity index (χ4v) is 4.26. The van der Waals surface area contributed by atoms with Gasteiger partial charge in [-0.1, -0.05) is 25.2 Å². The molecule has 0 fully saturated rings. The van der Waals surface area contributed by atoms with Gasteiger partial charge >= 0.3 is 0 Å². The zero-order chi connectivity index (χ0) is 14.4. The lowest BCUT2D eigenvalue weighted by Crippen LogP contribution is -2.11. The van der Waals surface area contributed by atoms with Crippen molar-refractivity contribution in [2.24, 2.45) is 5.92 Å². The van der Waals surface area contributed by atoms with E-state index in [1.807, 2.05) is 13.8 Å². The lowest BCUT2D eigenvalue weighted by Gasteiger charge is -2.07. The fourth-order valence-electron chi connectivity index (χ4n) is 1.91. The number of thiophene rings is 1. The molecule has 2 rings (SSSR count). The average Bonchev–Trinajstić information content (AvgIpc) is 2.75. The average molecular weight is 306 g/mol. The van der Waals surface area contributed by atoms with Crippen molar-refractivity contribution < 1.29 is 22.3 Å². The maximum atomic E-state index is 13.5. The summed E-state index contributed by atoms with van der Waals surface area (Å²) >= 11 is 0.919. The Labute approximate surface area is 115 Å². The molecule has 0 radical (unpaired) electrons. The predicted molar refractivity (Wildman–Crippen MR) is 70.7 cm³/mol. The molecule has 0 aromatic carbocycles. The summed E-state index contributed by atoms with van der Waals surface area (Å²) in [5, 5.41) is 0.359. The van der Waals surface area contributed by atoms with Gasteiger partial charge in [0.25, 0.3) is 0 Å². The van der Waals surface area contributed by atoms with Gasteiger partial charge in [0.05, 0.1) is 12.2 Å². The highest BCUT2D eigenvalue weighted by molar-refractivity contribution is 7.92. The first-order chi connectivity index (χ1) is 8.71. The first kappa shape index (κ1) is 14.5. The summed E-state index contributed by atoms with van der Waals surface area (Å²) in [7, 11) is -3.55. The molecule has 1 heterocycles. The van der Waals surface area contributed by atoms with Crippen molar-refractivity contribution in [2.75, 3.05) is 12.9 Å². The molecule has 0 N–H and O–H groups in total. The minimum Gasteiger partial charge on any atom is -0.483 e. The van der Waals surface area contributed by atoms with Gasteiger partial charge in [-0.3, -0.25) is 4.79 Å². The first-order valence-corrected chi connectivity index (χ1v) is 8.59. The van der Waals surface area contributed by atoms with E-state index in [-0.39, 0.29) is 22.1 Å². The Morgan fingerprint density at radius 3 is 2.63 bits per heavy atom. The number of Topliss-reactive ketones (excluding diaryl/α,β-unsaturated/α-hetero) is 1. The van der Waals surface area contributed by atoms with E-state index >= 15 is 0 Å². The summed E-state index contributed by atoms with van der Waals surface area (Å²) in [5.41, 5.74) is 0.405. The van der Waals surface area contributed by atoms with Crippen molar-refractivity contribution in [3.63, 3.8) is 0 Å². The van der Waals surface area contributed by atoms with Crippen molar-refractivity contribution in [3.05, 3.63) is 11.1 Å². The Morgan fingerprint density at radius 1 is 1.47 bits per heavy atom. The van der Waals surface area contributed by atoms with Crippen LogP contribution in [0.1, 0.15) is 29.8 Å². The van der Waals surface area contributed by atoms with Crippen LogP contribution in [0.15, 0.2) is 4.21 Å². The summed E-state index contributed by atoms with van der Waals surface area (Å²) in [6.07, 6.45) is -0.724. The van der Waals surface area contributed by atoms with Gasteiger partial charge in [0.1, 0.15) is 4.21 Å². The molecule has 0 amide bonds. The number of alkyl halides is 1. The molecule has 0 spiro atoms. The van der Waals surface area contributed by atoms with E-state index in [0.717, 1.165) is 17.6 Å². The number of hydrogen-bond donors (Lipinski definition) is 0. The van der Waals surface area contributed by atoms with Gasteiger partial charge in [-0.15, -0.1) is 0 Å². The Bertz CT molecular complexity index is 616. The molecular weight excluding hydrogens is 291 g/mol. The van der Waals surface area contributed by atoms with Crippen molar-refractivity contribution in [2.45, 2.75) is 30.6 Å². The van der Waals surface area contributed by atoms with Crippen LogP contribution >= 0.6 is 11.3 Å². The number of ether oxygens (including phenoxy) is 1. The van der Waals surface area contributed by atoms with Gasteiger partial charge in [-0.2, -0.15) is 0 Å². The third-order valence-corrected chi connectivity index (χ3v) is 5.71. The molecule has 0 saturated carbocycles. The van der Waals surface area contributed by atoms with Crippen molar-refractivity contribution >= 4 is 27.0 Å². The number of carbonyl (C=O) groups is 1. The molecule has 7 heteroatoms. The second kappa shape index (κ2) is 4.86. The van der Waals surface area contributed by atoms with Gasteiger partial charge in [0, 0.05) is 18.2 Å². The van der Waals surface area contributed by atoms with E-state index in [2.05, 4.69) is 0 Å². The van der Waals surface area contributed by atoms with Crippen LogP contribution in [0.2, 0.25) is 0 Å². The van der Waals surface area contributed by atoms with Gasteiger partial charge in [0.2, 0.25) is 0 Å². The molecule has 1 aliphatic carbocycles. The molecular formula is C12H15FO4S2. The van der Waals surface area contributed by atoms with E-state index in [0.29, 0.717) is 17.2 Å². The van der Waals surface area contributed by atoms with Crippen LogP contribution in [0.3, 0.4) is 0 Å². The number of ketones is 1. The van der Waals surface area contributed by atoms with Crippen LogP contribution < -0.4 is 4.74 Å². The molecule has 1 aromatic rings. The molecule has 1 atom stereocenters. The maximum Gasteiger partial charge on any atom is 0.199 e. The number of hydrogen-bond acceptors (Lipinski definition) is 5. The third-order valence-electron chi connectivity index (χ3n) is 2.74. The van der Waals surface area contributed by atoms with Crippen molar-refractivity contribution in [1.82, 2.24) is 0 Å². The Morgan fingerprint density at radius 2 is 2.11 bits per heavy atom. The largest absolute Gasteiger partial charge is 0.483 e. The standard InChI is InChI=1S/C12H15FO4S2/c1-6(2)5-17-11-7-4-8(13)10(14)9(7)12(18-11)19(3,15)16/h6,8H,4-5H2,1-3H3. The monoisotopic (exact) mass is 306 g/mol. The molecule has 0 bridgehead atoms. The Kier molecular flexibility index (Phi) is 3.70. The first-order valence-electron chi connectivity index (χ1n) is 5.88. The zero-order valence-electron chi connectivity index (χ0n) is 10.9. The van der Waals surface area contributed by atoms with E-state index in [1.54, 1.807) is 0 Å². The number of sulfone groups is 1. The second-order valence-corrected chi connectivity index (χ2v) is 8.24. The molecule has 0 saturated heterocycles. The molecule has 1 aromatic heterocycles. The minimum absolute atomic E-state index is 0.00115. The zero-order valence-corrected chi connectivity index (χ0v) is 12.5. The fraction of sp³-hybridized carbons (Fsp3) is 0.583. The van der Waals surface area contributed by atoms with E-state index in [9.17, 15) is 17.6 Å². The van der Waals surface area contributed by atoms with Crippen LogP contribution in [0.5, 0.6) is 5.06 Å². The molecule has 0 aliphatic heterocycles. The summed E-state index contributed by atoms with van der Waals surface area (Å²) in [5.74, 6) is -0.483. The van der Waals surface area contributed by atoms with Gasteiger partial charge in [-0.05, 0) is 5.92 Å². The highest BCUT2D eigenvalue weighted by atomic mass is 32.2. The third kappa shape index (κ3) is 2.67. The van der Waals surface area contributed by atoms with Crippen LogP contribution in [-0.4, -0.2) is 33.2 Å². The van der Waals surface area contributed by atoms with E-state index in [4.69, 9.17) is 4.74 Å². The second-order valence-electron chi connectivity index (χ2n) is 5.04. The highest BCUT2D eigenvalue weighted by Gasteiger charge is 2.40. The molecule has 1 aliphatic rings. The number of rotatable bonds is 4. The van der Waals surface area contributed by atoms with Crippen molar-refractivity contribution in [1.29, 1.82) is 0 Å². The highest BCUT2D eigenvalue weighted by Crippen LogP contribution is 2.44. The maximum absolute atomic E-state index is 13.5. The topological polar surface area (TPSA) is 60.4 Å². The summed E-state index contributed by atoms with van der Waals surface area (Å²) in [4.78, 5) is 11.7. The molecule has 4 nitrogen and oxygen atoms in total. The SMILES string of the molecule is CC(C)COc1sc(S(C)(=O)=O)c2c1CC(F)C2=O. The Balaban J connectivity index is 2.49. The van der Waals surface area contributed by atoms with Gasteiger partial charge in [0.15, 0.2) is 26.9 Å². The smallest absolute Gasteiger partial charge is 0.199 e. The summed E-state index contributed by atoms with van der Waals surface area (Å²) in [6, 6.07) is 0. The summed E-state index contributed by atoms with van der Waals surface area (Å²) < 4.78 is 42.3. The van der Waals surface area contributed by atoms with Gasteiger partial charge in [-0.25, -0.2) is 12.8 Å². The normalized spacial score (nSPS) is 19.0. The number of halogens is 1. The molecule has 1 unspecified atom stereocenters. The Hall–Kier alpha value is -0.950. The van der Waals surface area contributed by atoms with Crippen LogP contribution in [0.25, 0.3) is 0 Å². The van der Waals surface area contributed by atoms with E-state index < -0.39 is 21.8 Å². The van der Waals surface area contributed by atoms with Crippen molar-refractivity contribution in [3.8, 4) is 5.06 Å².